The molecular weight excluding hydrogens is 386 g/mol. The second kappa shape index (κ2) is 7.46. The van der Waals surface area contributed by atoms with Crippen molar-refractivity contribution in [3.63, 3.8) is 0 Å². The Morgan fingerprint density at radius 3 is 2.23 bits per heavy atom. The summed E-state index contributed by atoms with van der Waals surface area (Å²) < 4.78 is 10.8. The largest absolute Gasteiger partial charge is 0.454 e. The molecule has 3 heterocycles. The Kier molecular flexibility index (Phi) is 4.63. The van der Waals surface area contributed by atoms with Crippen molar-refractivity contribution in [2.75, 3.05) is 39.5 Å². The molecule has 0 radical (unpaired) electrons. The van der Waals surface area contributed by atoms with Crippen LogP contribution in [-0.4, -0.2) is 71.9 Å². The predicted octanol–water partition coefficient (Wildman–Crippen LogP) is 1.36. The lowest BCUT2D eigenvalue weighted by molar-refractivity contribution is -0.133. The minimum absolute atomic E-state index is 0.202. The number of piperazine rings is 1. The maximum atomic E-state index is 12.7. The van der Waals surface area contributed by atoms with Crippen molar-refractivity contribution in [2.24, 2.45) is 0 Å². The first-order chi connectivity index (χ1) is 14.6. The first kappa shape index (κ1) is 18.6. The van der Waals surface area contributed by atoms with Crippen molar-refractivity contribution in [3.8, 4) is 11.5 Å². The Balaban J connectivity index is 1.16. The van der Waals surface area contributed by atoms with Crippen LogP contribution in [0.25, 0.3) is 0 Å². The number of carbonyl (C=O) groups excluding carboxylic acids is 3. The molecule has 2 aromatic carbocycles. The molecular formula is C22H21N3O5. The summed E-state index contributed by atoms with van der Waals surface area (Å²) >= 11 is 0. The second-order valence-corrected chi connectivity index (χ2v) is 7.59. The molecule has 3 aliphatic heterocycles. The van der Waals surface area contributed by atoms with E-state index in [1.807, 2.05) is 18.2 Å². The third-order valence-corrected chi connectivity index (χ3v) is 5.74. The van der Waals surface area contributed by atoms with Crippen LogP contribution in [0.5, 0.6) is 11.5 Å². The zero-order chi connectivity index (χ0) is 20.7. The van der Waals surface area contributed by atoms with Crippen LogP contribution in [0, 0.1) is 0 Å². The van der Waals surface area contributed by atoms with E-state index in [9.17, 15) is 14.4 Å². The van der Waals surface area contributed by atoms with Gasteiger partial charge in [0.25, 0.3) is 11.8 Å². The minimum Gasteiger partial charge on any atom is -0.454 e. The topological polar surface area (TPSA) is 79.4 Å². The molecule has 154 valence electrons. The molecule has 3 amide bonds. The normalized spacial score (nSPS) is 18.1. The van der Waals surface area contributed by atoms with Gasteiger partial charge in [0, 0.05) is 32.7 Å². The van der Waals surface area contributed by atoms with E-state index >= 15 is 0 Å². The molecule has 3 aliphatic rings. The summed E-state index contributed by atoms with van der Waals surface area (Å²) in [5.74, 6) is 0.535. The van der Waals surface area contributed by atoms with Crippen LogP contribution < -0.4 is 9.47 Å². The lowest BCUT2D eigenvalue weighted by Gasteiger charge is -2.35. The van der Waals surface area contributed by atoms with Crippen LogP contribution in [0.4, 0.5) is 0 Å². The van der Waals surface area contributed by atoms with Gasteiger partial charge in [-0.25, -0.2) is 0 Å². The van der Waals surface area contributed by atoms with E-state index in [-0.39, 0.29) is 19.2 Å². The van der Waals surface area contributed by atoms with Crippen LogP contribution in [0.1, 0.15) is 26.3 Å². The highest BCUT2D eigenvalue weighted by atomic mass is 16.7. The number of fused-ring (bicyclic) bond motifs is 2. The van der Waals surface area contributed by atoms with Gasteiger partial charge in [-0.15, -0.1) is 0 Å². The van der Waals surface area contributed by atoms with Gasteiger partial charge in [-0.2, -0.15) is 0 Å². The molecule has 5 rings (SSSR count). The molecule has 30 heavy (non-hydrogen) atoms. The van der Waals surface area contributed by atoms with Crippen molar-refractivity contribution in [3.05, 3.63) is 59.2 Å². The molecule has 0 N–H and O–H groups in total. The SMILES string of the molecule is O=C(CN1C(=O)c2ccccc2C1=O)N1CCN(Cc2ccc3c(c2)OCO3)CC1. The fourth-order valence-electron chi connectivity index (χ4n) is 4.07. The smallest absolute Gasteiger partial charge is 0.262 e. The molecule has 8 nitrogen and oxygen atoms in total. The molecule has 0 atom stereocenters. The third kappa shape index (κ3) is 3.29. The minimum atomic E-state index is -0.398. The summed E-state index contributed by atoms with van der Waals surface area (Å²) in [6.07, 6.45) is 0. The number of nitrogens with zero attached hydrogens (tertiary/aromatic N) is 3. The fourth-order valence-corrected chi connectivity index (χ4v) is 4.07. The summed E-state index contributed by atoms with van der Waals surface area (Å²) in [6.45, 7) is 3.38. The van der Waals surface area contributed by atoms with E-state index in [1.54, 1.807) is 29.2 Å². The molecule has 0 bridgehead atoms. The van der Waals surface area contributed by atoms with Gasteiger partial charge in [0.1, 0.15) is 6.54 Å². The number of hydrogen-bond acceptors (Lipinski definition) is 6. The van der Waals surface area contributed by atoms with E-state index in [0.717, 1.165) is 41.6 Å². The van der Waals surface area contributed by atoms with Crippen LogP contribution in [-0.2, 0) is 11.3 Å². The van der Waals surface area contributed by atoms with Gasteiger partial charge in [-0.1, -0.05) is 18.2 Å². The maximum Gasteiger partial charge on any atom is 0.262 e. The van der Waals surface area contributed by atoms with E-state index in [4.69, 9.17) is 9.47 Å². The van der Waals surface area contributed by atoms with Gasteiger partial charge < -0.3 is 14.4 Å². The van der Waals surface area contributed by atoms with Crippen molar-refractivity contribution in [1.29, 1.82) is 0 Å². The van der Waals surface area contributed by atoms with E-state index < -0.39 is 11.8 Å². The average molecular weight is 407 g/mol. The van der Waals surface area contributed by atoms with Gasteiger partial charge in [-0.3, -0.25) is 24.2 Å². The summed E-state index contributed by atoms with van der Waals surface area (Å²) in [5.41, 5.74) is 1.86. The number of ether oxygens (including phenoxy) is 2. The Hall–Kier alpha value is -3.39. The van der Waals surface area contributed by atoms with E-state index in [0.29, 0.717) is 24.2 Å². The van der Waals surface area contributed by atoms with Crippen molar-refractivity contribution in [1.82, 2.24) is 14.7 Å². The number of hydrogen-bond donors (Lipinski definition) is 0. The van der Waals surface area contributed by atoms with Crippen molar-refractivity contribution >= 4 is 17.7 Å². The summed E-state index contributed by atoms with van der Waals surface area (Å²) in [5, 5.41) is 0. The standard InChI is InChI=1S/C22H21N3O5/c26-20(13-25-21(27)16-3-1-2-4-17(16)22(25)28)24-9-7-23(8-10-24)12-15-5-6-18-19(11-15)30-14-29-18/h1-6,11H,7-10,12-14H2. The summed E-state index contributed by atoms with van der Waals surface area (Å²) in [7, 11) is 0. The number of rotatable bonds is 4. The van der Waals surface area contributed by atoms with E-state index in [2.05, 4.69) is 4.90 Å². The first-order valence-corrected chi connectivity index (χ1v) is 9.94. The quantitative estimate of drug-likeness (QED) is 0.712. The lowest BCUT2D eigenvalue weighted by Crippen LogP contribution is -2.51. The predicted molar refractivity (Wildman–Crippen MR) is 106 cm³/mol. The monoisotopic (exact) mass is 407 g/mol. The van der Waals surface area contributed by atoms with Gasteiger partial charge in [0.15, 0.2) is 11.5 Å². The molecule has 1 fully saturated rings. The molecule has 0 aromatic heterocycles. The Morgan fingerprint density at radius 1 is 0.867 bits per heavy atom. The fraction of sp³-hybridized carbons (Fsp3) is 0.318. The zero-order valence-electron chi connectivity index (χ0n) is 16.4. The van der Waals surface area contributed by atoms with Crippen molar-refractivity contribution < 1.29 is 23.9 Å². The maximum absolute atomic E-state index is 12.7. The Morgan fingerprint density at radius 2 is 1.53 bits per heavy atom. The van der Waals surface area contributed by atoms with Crippen LogP contribution in [0.2, 0.25) is 0 Å². The van der Waals surface area contributed by atoms with Crippen LogP contribution in [0.15, 0.2) is 42.5 Å². The van der Waals surface area contributed by atoms with Crippen molar-refractivity contribution in [2.45, 2.75) is 6.54 Å². The van der Waals surface area contributed by atoms with Gasteiger partial charge in [-0.05, 0) is 29.8 Å². The van der Waals surface area contributed by atoms with Gasteiger partial charge in [0.2, 0.25) is 12.7 Å². The van der Waals surface area contributed by atoms with E-state index in [1.165, 1.54) is 0 Å². The number of amides is 3. The zero-order valence-corrected chi connectivity index (χ0v) is 16.4. The number of benzene rings is 2. The highest BCUT2D eigenvalue weighted by molar-refractivity contribution is 6.22. The molecule has 0 spiro atoms. The Bertz CT molecular complexity index is 994. The highest BCUT2D eigenvalue weighted by Crippen LogP contribution is 2.32. The lowest BCUT2D eigenvalue weighted by atomic mass is 10.1. The van der Waals surface area contributed by atoms with Gasteiger partial charge in [0.05, 0.1) is 11.1 Å². The number of imide groups is 1. The summed E-state index contributed by atoms with van der Waals surface area (Å²) in [4.78, 5) is 42.7. The highest BCUT2D eigenvalue weighted by Gasteiger charge is 2.37. The molecule has 2 aromatic rings. The summed E-state index contributed by atoms with van der Waals surface area (Å²) in [6, 6.07) is 12.6. The Labute approximate surface area is 173 Å². The second-order valence-electron chi connectivity index (χ2n) is 7.59. The molecule has 0 aliphatic carbocycles. The number of carbonyl (C=O) groups is 3. The van der Waals surface area contributed by atoms with Crippen LogP contribution >= 0.6 is 0 Å². The first-order valence-electron chi connectivity index (χ1n) is 9.94. The molecule has 8 heteroatoms. The van der Waals surface area contributed by atoms with Crippen LogP contribution in [0.3, 0.4) is 0 Å². The van der Waals surface area contributed by atoms with Gasteiger partial charge >= 0.3 is 0 Å². The third-order valence-electron chi connectivity index (χ3n) is 5.74. The molecule has 0 unspecified atom stereocenters. The molecule has 1 saturated heterocycles. The average Bonchev–Trinajstić information content (AvgIpc) is 3.33. The molecule has 0 saturated carbocycles.